The van der Waals surface area contributed by atoms with Gasteiger partial charge in [-0.05, 0) is 29.8 Å². The molecule has 0 aromatic heterocycles. The van der Waals surface area contributed by atoms with Crippen molar-refractivity contribution < 1.29 is 10.0 Å². The number of nitrogens with zero attached hydrogens (tertiary/aromatic N) is 2. The van der Waals surface area contributed by atoms with Crippen molar-refractivity contribution in [2.75, 3.05) is 5.01 Å². The van der Waals surface area contributed by atoms with E-state index in [-0.39, 0.29) is 0 Å². The summed E-state index contributed by atoms with van der Waals surface area (Å²) in [6.07, 6.45) is 11.7. The zero-order chi connectivity index (χ0) is 11.8. The fourth-order valence-corrected chi connectivity index (χ4v) is 1.96. The van der Waals surface area contributed by atoms with Gasteiger partial charge in [-0.3, -0.25) is 10.0 Å². The molecule has 0 unspecified atom stereocenters. The monoisotopic (exact) mass is 226 g/mol. The molecule has 0 saturated carbocycles. The Balaban J connectivity index is 2.10. The summed E-state index contributed by atoms with van der Waals surface area (Å²) in [5, 5.41) is 22.3. The summed E-state index contributed by atoms with van der Waals surface area (Å²) < 4.78 is 0. The third kappa shape index (κ3) is 1.65. The summed E-state index contributed by atoms with van der Waals surface area (Å²) in [6.45, 7) is 0. The Labute approximate surface area is 99.5 Å². The molecule has 2 N–H and O–H groups in total. The van der Waals surface area contributed by atoms with Crippen molar-refractivity contribution in [2.45, 2.75) is 0 Å². The van der Waals surface area contributed by atoms with Crippen LogP contribution in [0.1, 0.15) is 5.56 Å². The molecule has 0 fully saturated rings. The normalized spacial score (nSPS) is 15.9. The second-order valence-electron chi connectivity index (χ2n) is 3.92. The van der Waals surface area contributed by atoms with Crippen molar-refractivity contribution in [3.63, 3.8) is 0 Å². The first-order valence-corrected chi connectivity index (χ1v) is 5.36. The molecule has 0 saturated heterocycles. The van der Waals surface area contributed by atoms with Crippen molar-refractivity contribution in [3.05, 3.63) is 54.5 Å². The summed E-state index contributed by atoms with van der Waals surface area (Å²) in [5.74, 6) is 0. The Hall–Kier alpha value is -1.98. The van der Waals surface area contributed by atoms with Crippen LogP contribution in [-0.4, -0.2) is 22.2 Å². The minimum Gasteiger partial charge on any atom is -0.423 e. The van der Waals surface area contributed by atoms with Gasteiger partial charge in [-0.2, -0.15) is 0 Å². The Kier molecular flexibility index (Phi) is 2.28. The zero-order valence-corrected chi connectivity index (χ0v) is 9.06. The van der Waals surface area contributed by atoms with Crippen LogP contribution >= 0.6 is 0 Å². The molecule has 0 aliphatic carbocycles. The van der Waals surface area contributed by atoms with Gasteiger partial charge in [0.05, 0.1) is 5.69 Å². The van der Waals surface area contributed by atoms with Gasteiger partial charge in [0.15, 0.2) is 0 Å². The van der Waals surface area contributed by atoms with Gasteiger partial charge in [-0.1, -0.05) is 12.1 Å². The third-order valence-electron chi connectivity index (χ3n) is 2.83. The summed E-state index contributed by atoms with van der Waals surface area (Å²) >= 11 is 0. The second kappa shape index (κ2) is 3.80. The van der Waals surface area contributed by atoms with E-state index in [1.54, 1.807) is 12.1 Å². The van der Waals surface area contributed by atoms with E-state index >= 15 is 0 Å². The quantitative estimate of drug-likeness (QED) is 0.681. The van der Waals surface area contributed by atoms with Gasteiger partial charge in [0.1, 0.15) is 0 Å². The van der Waals surface area contributed by atoms with Crippen LogP contribution in [0.4, 0.5) is 5.69 Å². The topological polar surface area (TPSA) is 46.9 Å². The summed E-state index contributed by atoms with van der Waals surface area (Å²) in [5.41, 5.74) is 2.46. The fraction of sp³-hybridized carbons (Fsp3) is 0. The molecule has 0 spiro atoms. The highest BCUT2D eigenvalue weighted by atomic mass is 16.4. The van der Waals surface area contributed by atoms with Crippen LogP contribution in [0.5, 0.6) is 0 Å². The van der Waals surface area contributed by atoms with Crippen LogP contribution in [0.15, 0.2) is 49.0 Å². The Morgan fingerprint density at radius 3 is 2.65 bits per heavy atom. The van der Waals surface area contributed by atoms with Crippen LogP contribution in [0.3, 0.4) is 0 Å². The van der Waals surface area contributed by atoms with E-state index < -0.39 is 7.12 Å². The first kappa shape index (κ1) is 10.2. The van der Waals surface area contributed by atoms with Crippen LogP contribution < -0.4 is 10.5 Å². The maximum atomic E-state index is 9.19. The lowest BCUT2D eigenvalue weighted by Crippen LogP contribution is -2.36. The first-order valence-electron chi connectivity index (χ1n) is 5.36. The summed E-state index contributed by atoms with van der Waals surface area (Å²) in [6, 6.07) is 5.37. The van der Waals surface area contributed by atoms with Crippen LogP contribution in [0.25, 0.3) is 6.08 Å². The van der Waals surface area contributed by atoms with E-state index in [1.807, 2.05) is 52.9 Å². The molecule has 2 aliphatic rings. The number of allylic oxidation sites excluding steroid dienone is 2. The van der Waals surface area contributed by atoms with Gasteiger partial charge < -0.3 is 10.0 Å². The van der Waals surface area contributed by atoms with Crippen molar-refractivity contribution in [1.82, 2.24) is 5.01 Å². The zero-order valence-electron chi connectivity index (χ0n) is 9.06. The molecular formula is C12H11BN2O2. The largest absolute Gasteiger partial charge is 0.488 e. The molecule has 0 radical (unpaired) electrons. The van der Waals surface area contributed by atoms with Gasteiger partial charge in [-0.25, -0.2) is 0 Å². The predicted octanol–water partition coefficient (Wildman–Crippen LogP) is 0.415. The molecule has 84 valence electrons. The highest BCUT2D eigenvalue weighted by Gasteiger charge is 2.20. The third-order valence-corrected chi connectivity index (χ3v) is 2.83. The molecule has 2 heterocycles. The number of rotatable bonds is 1. The Morgan fingerprint density at radius 2 is 1.82 bits per heavy atom. The molecule has 1 aromatic carbocycles. The van der Waals surface area contributed by atoms with Crippen molar-refractivity contribution in [3.8, 4) is 0 Å². The maximum absolute atomic E-state index is 9.19. The lowest BCUT2D eigenvalue weighted by atomic mass is 9.79. The number of hydrazine groups is 1. The first-order chi connectivity index (χ1) is 8.25. The van der Waals surface area contributed by atoms with Gasteiger partial charge in [0.2, 0.25) is 0 Å². The average Bonchev–Trinajstić information content (AvgIpc) is 2.38. The molecule has 4 nitrogen and oxygen atoms in total. The van der Waals surface area contributed by atoms with Crippen molar-refractivity contribution >= 4 is 24.3 Å². The standard InChI is InChI=1S/C12H11BN2O2/c16-13(17)11-4-3-10-5-8-14-6-1-2-7-15(14)12(10)9-11/h1-9,16-17H. The van der Waals surface area contributed by atoms with Crippen LogP contribution in [0.2, 0.25) is 0 Å². The lowest BCUT2D eigenvalue weighted by molar-refractivity contribution is 0.425. The molecule has 5 heteroatoms. The van der Waals surface area contributed by atoms with Gasteiger partial charge in [-0.15, -0.1) is 0 Å². The molecule has 17 heavy (non-hydrogen) atoms. The van der Waals surface area contributed by atoms with E-state index in [2.05, 4.69) is 0 Å². The summed E-state index contributed by atoms with van der Waals surface area (Å²) in [7, 11) is -1.44. The molecule has 0 atom stereocenters. The van der Waals surface area contributed by atoms with E-state index in [1.165, 1.54) is 0 Å². The number of anilines is 1. The molecule has 0 amide bonds. The molecule has 3 rings (SSSR count). The lowest BCUT2D eigenvalue weighted by Gasteiger charge is -2.36. The van der Waals surface area contributed by atoms with E-state index in [4.69, 9.17) is 0 Å². The smallest absolute Gasteiger partial charge is 0.423 e. The number of benzene rings is 1. The van der Waals surface area contributed by atoms with Crippen molar-refractivity contribution in [2.24, 2.45) is 0 Å². The maximum Gasteiger partial charge on any atom is 0.488 e. The Bertz CT molecular complexity index is 537. The van der Waals surface area contributed by atoms with Gasteiger partial charge >= 0.3 is 7.12 Å². The molecular weight excluding hydrogens is 215 g/mol. The molecule has 1 aromatic rings. The van der Waals surface area contributed by atoms with Gasteiger partial charge in [0, 0.05) is 24.2 Å². The van der Waals surface area contributed by atoms with Gasteiger partial charge in [0.25, 0.3) is 0 Å². The average molecular weight is 226 g/mol. The number of hydrogen-bond donors (Lipinski definition) is 2. The minimum absolute atomic E-state index is 0.488. The van der Waals surface area contributed by atoms with Crippen molar-refractivity contribution in [1.29, 1.82) is 0 Å². The molecule has 0 bridgehead atoms. The molecule has 2 aliphatic heterocycles. The summed E-state index contributed by atoms with van der Waals surface area (Å²) in [4.78, 5) is 0. The van der Waals surface area contributed by atoms with Crippen LogP contribution in [0, 0.1) is 0 Å². The minimum atomic E-state index is -1.44. The SMILES string of the molecule is OB(O)c1ccc2c(c1)N1C=CC=CN1C=C2. The number of hydrogen-bond acceptors (Lipinski definition) is 4. The van der Waals surface area contributed by atoms with E-state index in [9.17, 15) is 10.0 Å². The predicted molar refractivity (Wildman–Crippen MR) is 67.9 cm³/mol. The second-order valence-corrected chi connectivity index (χ2v) is 3.92. The van der Waals surface area contributed by atoms with E-state index in [0.717, 1.165) is 11.3 Å². The number of fused-ring (bicyclic) bond motifs is 3. The van der Waals surface area contributed by atoms with E-state index in [0.29, 0.717) is 5.46 Å². The fourth-order valence-electron chi connectivity index (χ4n) is 1.96. The highest BCUT2D eigenvalue weighted by Crippen LogP contribution is 2.29. The highest BCUT2D eigenvalue weighted by molar-refractivity contribution is 6.58. The Morgan fingerprint density at radius 1 is 1.00 bits per heavy atom. The van der Waals surface area contributed by atoms with Crippen LogP contribution in [-0.2, 0) is 0 Å².